The smallest absolute Gasteiger partial charge is 0.305 e. The highest BCUT2D eigenvalue weighted by atomic mass is 16.5. The zero-order valence-electron chi connectivity index (χ0n) is 54.3. The molecular weight excluding hydrogens is 983 g/mol. The molecule has 0 bridgehead atoms. The van der Waals surface area contributed by atoms with Crippen molar-refractivity contribution in [3.8, 4) is 0 Å². The summed E-state index contributed by atoms with van der Waals surface area (Å²) >= 11 is 0. The van der Waals surface area contributed by atoms with Crippen LogP contribution in [0, 0.1) is 0 Å². The fourth-order valence-electron chi connectivity index (χ4n) is 11.6. The summed E-state index contributed by atoms with van der Waals surface area (Å²) in [6.07, 6.45) is 88.1. The van der Waals surface area contributed by atoms with Gasteiger partial charge in [-0.3, -0.25) is 9.59 Å². The molecule has 0 aromatic carbocycles. The van der Waals surface area contributed by atoms with Gasteiger partial charge in [-0.2, -0.15) is 0 Å². The van der Waals surface area contributed by atoms with Gasteiger partial charge < -0.3 is 20.3 Å². The van der Waals surface area contributed by atoms with Crippen LogP contribution in [0.25, 0.3) is 0 Å². The quantitative estimate of drug-likeness (QED) is 0.0320. The van der Waals surface area contributed by atoms with Crippen molar-refractivity contribution >= 4 is 11.9 Å². The maximum atomic E-state index is 12.6. The average Bonchev–Trinajstić information content (AvgIpc) is 3.46. The second-order valence-corrected chi connectivity index (χ2v) is 25.3. The monoisotopic (exact) mass is 1130 g/mol. The summed E-state index contributed by atoms with van der Waals surface area (Å²) in [5, 5.41) is 23.5. The van der Waals surface area contributed by atoms with Crippen LogP contribution in [0.1, 0.15) is 412 Å². The zero-order chi connectivity index (χ0) is 57.8. The van der Waals surface area contributed by atoms with Gasteiger partial charge in [0.1, 0.15) is 0 Å². The molecule has 0 aromatic heterocycles. The summed E-state index contributed by atoms with van der Waals surface area (Å²) < 4.78 is 5.47. The van der Waals surface area contributed by atoms with Gasteiger partial charge >= 0.3 is 5.97 Å². The van der Waals surface area contributed by atoms with Crippen molar-refractivity contribution in [2.24, 2.45) is 0 Å². The summed E-state index contributed by atoms with van der Waals surface area (Å²) in [5.41, 5.74) is 0. The molecule has 6 heteroatoms. The molecule has 0 aliphatic heterocycles. The van der Waals surface area contributed by atoms with Crippen molar-refractivity contribution in [3.05, 3.63) is 24.3 Å². The molecule has 3 N–H and O–H groups in total. The highest BCUT2D eigenvalue weighted by molar-refractivity contribution is 5.76. The number of aliphatic hydroxyl groups is 2. The predicted octanol–water partition coefficient (Wildman–Crippen LogP) is 23.7. The minimum absolute atomic E-state index is 0.00580. The van der Waals surface area contributed by atoms with Crippen molar-refractivity contribution in [1.82, 2.24) is 5.32 Å². The van der Waals surface area contributed by atoms with Gasteiger partial charge in [-0.15, -0.1) is 0 Å². The molecule has 0 rings (SSSR count). The molecule has 0 radical (unpaired) electrons. The summed E-state index contributed by atoms with van der Waals surface area (Å²) in [7, 11) is 0. The Morgan fingerprint density at radius 1 is 0.338 bits per heavy atom. The lowest BCUT2D eigenvalue weighted by atomic mass is 10.0. The first-order chi connectivity index (χ1) is 39.5. The van der Waals surface area contributed by atoms with Gasteiger partial charge in [0.05, 0.1) is 25.4 Å². The Morgan fingerprint density at radius 2 is 0.588 bits per heavy atom. The van der Waals surface area contributed by atoms with Crippen LogP contribution in [0.5, 0.6) is 0 Å². The molecular formula is C74H143NO5. The van der Waals surface area contributed by atoms with Crippen molar-refractivity contribution in [1.29, 1.82) is 0 Å². The lowest BCUT2D eigenvalue weighted by molar-refractivity contribution is -0.143. The van der Waals surface area contributed by atoms with E-state index < -0.39 is 12.1 Å². The molecule has 2 unspecified atom stereocenters. The Labute approximate surface area is 501 Å². The second kappa shape index (κ2) is 69.8. The molecule has 0 aliphatic carbocycles. The fraction of sp³-hybridized carbons (Fsp3) is 0.919. The van der Waals surface area contributed by atoms with Crippen LogP contribution >= 0.6 is 0 Å². The molecule has 80 heavy (non-hydrogen) atoms. The van der Waals surface area contributed by atoms with Crippen LogP contribution in [0.2, 0.25) is 0 Å². The number of allylic oxidation sites excluding steroid dienone is 4. The Balaban J connectivity index is 3.39. The van der Waals surface area contributed by atoms with Crippen LogP contribution in [-0.2, 0) is 14.3 Å². The first-order valence-corrected chi connectivity index (χ1v) is 36.6. The van der Waals surface area contributed by atoms with Crippen LogP contribution < -0.4 is 5.32 Å². The number of ether oxygens (including phenoxy) is 1. The van der Waals surface area contributed by atoms with Crippen molar-refractivity contribution in [3.63, 3.8) is 0 Å². The van der Waals surface area contributed by atoms with E-state index in [-0.39, 0.29) is 18.5 Å². The summed E-state index contributed by atoms with van der Waals surface area (Å²) in [5.74, 6) is -0.0250. The number of unbranched alkanes of at least 4 members (excludes halogenated alkanes) is 54. The summed E-state index contributed by atoms with van der Waals surface area (Å²) in [6, 6.07) is -0.543. The molecule has 0 saturated carbocycles. The number of hydrogen-bond donors (Lipinski definition) is 3. The molecule has 1 amide bonds. The third-order valence-electron chi connectivity index (χ3n) is 17.2. The van der Waals surface area contributed by atoms with E-state index in [1.54, 1.807) is 0 Å². The van der Waals surface area contributed by atoms with Crippen LogP contribution in [0.3, 0.4) is 0 Å². The highest BCUT2D eigenvalue weighted by Gasteiger charge is 2.20. The van der Waals surface area contributed by atoms with Gasteiger partial charge in [-0.25, -0.2) is 0 Å². The van der Waals surface area contributed by atoms with Crippen LogP contribution in [0.4, 0.5) is 0 Å². The van der Waals surface area contributed by atoms with Crippen LogP contribution in [0.15, 0.2) is 24.3 Å². The second-order valence-electron chi connectivity index (χ2n) is 25.3. The molecule has 0 heterocycles. The molecule has 2 atom stereocenters. The zero-order valence-corrected chi connectivity index (χ0v) is 54.3. The van der Waals surface area contributed by atoms with Crippen molar-refractivity contribution in [2.75, 3.05) is 13.2 Å². The molecule has 474 valence electrons. The Morgan fingerprint density at radius 3 is 0.912 bits per heavy atom. The van der Waals surface area contributed by atoms with Gasteiger partial charge in [0.25, 0.3) is 0 Å². The minimum atomic E-state index is -0.666. The van der Waals surface area contributed by atoms with E-state index >= 15 is 0 Å². The van der Waals surface area contributed by atoms with Gasteiger partial charge in [-0.1, -0.05) is 346 Å². The Kier molecular flexibility index (Phi) is 68.4. The largest absolute Gasteiger partial charge is 0.466 e. The highest BCUT2D eigenvalue weighted by Crippen LogP contribution is 2.19. The number of aliphatic hydroxyl groups excluding tert-OH is 2. The van der Waals surface area contributed by atoms with E-state index in [2.05, 4.69) is 43.5 Å². The molecule has 0 spiro atoms. The maximum absolute atomic E-state index is 12.6. The van der Waals surface area contributed by atoms with E-state index in [0.29, 0.717) is 25.9 Å². The predicted molar refractivity (Wildman–Crippen MR) is 352 cm³/mol. The summed E-state index contributed by atoms with van der Waals surface area (Å²) in [6.45, 7) is 4.97. The molecule has 0 aromatic rings. The molecule has 6 nitrogen and oxygen atoms in total. The van der Waals surface area contributed by atoms with Gasteiger partial charge in [0.15, 0.2) is 0 Å². The standard InChI is InChI=1S/C74H143NO5/c1-3-5-7-9-11-13-15-17-18-19-20-21-22-28-31-34-37-40-43-46-50-54-58-62-66-72(77)71(70-76)75-73(78)67-63-59-55-51-47-44-41-38-35-32-29-26-24-23-25-27-30-33-36-39-42-45-49-53-57-61-65-69-80-74(79)68-64-60-56-52-48-16-14-12-10-8-6-4-2/h12,14,23-24,71-72,76-77H,3-11,13,15-22,25-70H2,1-2H3,(H,75,78)/b14-12-,24-23-. The first-order valence-electron chi connectivity index (χ1n) is 36.6. The number of carbonyl (C=O) groups is 2. The third-order valence-corrected chi connectivity index (χ3v) is 17.2. The lowest BCUT2D eigenvalue weighted by Crippen LogP contribution is -2.45. The van der Waals surface area contributed by atoms with E-state index in [1.165, 1.54) is 334 Å². The van der Waals surface area contributed by atoms with E-state index in [1.807, 2.05) is 0 Å². The van der Waals surface area contributed by atoms with Crippen molar-refractivity contribution in [2.45, 2.75) is 424 Å². The average molecular weight is 1130 g/mol. The van der Waals surface area contributed by atoms with Gasteiger partial charge in [0, 0.05) is 12.8 Å². The molecule has 0 aliphatic rings. The van der Waals surface area contributed by atoms with E-state index in [4.69, 9.17) is 4.74 Å². The van der Waals surface area contributed by atoms with E-state index in [0.717, 1.165) is 44.9 Å². The van der Waals surface area contributed by atoms with Crippen LogP contribution in [-0.4, -0.2) is 47.4 Å². The number of amides is 1. The Hall–Kier alpha value is -1.66. The Bertz CT molecular complexity index is 1250. The van der Waals surface area contributed by atoms with Gasteiger partial charge in [-0.05, 0) is 77.0 Å². The normalized spacial score (nSPS) is 12.6. The third kappa shape index (κ3) is 65.5. The number of carbonyl (C=O) groups excluding carboxylic acids is 2. The SMILES string of the molecule is CCCCC/C=C\CCCCCCCC(=O)OCCCCCCCCCCCCCC/C=C\CCCCCCCCCCCCCC(=O)NC(CO)C(O)CCCCCCCCCCCCCCCCCCCCCCCCCC. The molecule has 0 fully saturated rings. The van der Waals surface area contributed by atoms with Gasteiger partial charge in [0.2, 0.25) is 5.91 Å². The first kappa shape index (κ1) is 78.3. The lowest BCUT2D eigenvalue weighted by Gasteiger charge is -2.22. The van der Waals surface area contributed by atoms with E-state index in [9.17, 15) is 19.8 Å². The number of rotatable bonds is 69. The minimum Gasteiger partial charge on any atom is -0.466 e. The summed E-state index contributed by atoms with van der Waals surface area (Å²) in [4.78, 5) is 24.6. The number of esters is 1. The van der Waals surface area contributed by atoms with Crippen molar-refractivity contribution < 1.29 is 24.5 Å². The number of hydrogen-bond acceptors (Lipinski definition) is 5. The topological polar surface area (TPSA) is 95.9 Å². The molecule has 0 saturated heterocycles. The maximum Gasteiger partial charge on any atom is 0.305 e. The fourth-order valence-corrected chi connectivity index (χ4v) is 11.6. The number of nitrogens with one attached hydrogen (secondary N) is 1.